The molecule has 0 saturated carbocycles. The van der Waals surface area contributed by atoms with E-state index in [1.54, 1.807) is 6.08 Å². The highest BCUT2D eigenvalue weighted by Crippen LogP contribution is 1.75. The van der Waals surface area contributed by atoms with Gasteiger partial charge in [0.25, 0.3) is 0 Å². The van der Waals surface area contributed by atoms with Crippen LogP contribution in [0, 0.1) is 0 Å². The minimum atomic E-state index is 1.06. The predicted molar refractivity (Wildman–Crippen MR) is 41.9 cm³/mol. The molecule has 0 bridgehead atoms. The highest BCUT2D eigenvalue weighted by molar-refractivity contribution is 4.98. The van der Waals surface area contributed by atoms with Gasteiger partial charge in [-0.1, -0.05) is 25.7 Å². The van der Waals surface area contributed by atoms with E-state index in [2.05, 4.69) is 18.8 Å². The second-order valence-electron chi connectivity index (χ2n) is 1.57. The molecule has 0 aliphatic heterocycles. The van der Waals surface area contributed by atoms with Crippen molar-refractivity contribution in [3.05, 3.63) is 37.2 Å². The van der Waals surface area contributed by atoms with E-state index >= 15 is 0 Å². The second-order valence-corrected chi connectivity index (χ2v) is 1.57. The largest absolute Gasteiger partial charge is 0.368 e. The molecular weight excluding hydrogens is 110 g/mol. The Bertz CT molecular complexity index is 112. The molecule has 0 radical (unpaired) electrons. The molecule has 50 valence electrons. The lowest BCUT2D eigenvalue weighted by Gasteiger charge is -1.84. The maximum atomic E-state index is 3.53. The zero-order valence-electron chi connectivity index (χ0n) is 5.80. The number of allylic oxidation sites excluding steroid dienone is 3. The first-order chi connectivity index (χ1) is 4.41. The summed E-state index contributed by atoms with van der Waals surface area (Å²) in [5.74, 6) is 0. The van der Waals surface area contributed by atoms with E-state index in [4.69, 9.17) is 0 Å². The van der Waals surface area contributed by atoms with Crippen LogP contribution in [-0.4, -0.2) is 0 Å². The van der Waals surface area contributed by atoms with Gasteiger partial charge in [-0.05, 0) is 18.7 Å². The lowest BCUT2D eigenvalue weighted by molar-refractivity contribution is 1.13. The van der Waals surface area contributed by atoms with Gasteiger partial charge in [0.2, 0.25) is 0 Å². The second kappa shape index (κ2) is 7.02. The molecule has 1 heteroatoms. The molecule has 0 aromatic heterocycles. The zero-order valence-corrected chi connectivity index (χ0v) is 5.80. The molecule has 0 aliphatic rings. The van der Waals surface area contributed by atoms with Crippen molar-refractivity contribution in [1.82, 2.24) is 5.32 Å². The summed E-state index contributed by atoms with van der Waals surface area (Å²) >= 11 is 0. The third kappa shape index (κ3) is 7.02. The normalized spacial score (nSPS) is 10.8. The van der Waals surface area contributed by atoms with E-state index in [1.165, 1.54) is 0 Å². The molecule has 0 saturated heterocycles. The maximum absolute atomic E-state index is 3.53. The Morgan fingerprint density at radius 1 is 1.44 bits per heavy atom. The van der Waals surface area contributed by atoms with E-state index in [-0.39, 0.29) is 0 Å². The van der Waals surface area contributed by atoms with Crippen LogP contribution in [0.4, 0.5) is 0 Å². The Hall–Kier alpha value is -0.980. The highest BCUT2D eigenvalue weighted by Gasteiger charge is 1.62. The van der Waals surface area contributed by atoms with Crippen molar-refractivity contribution in [2.75, 3.05) is 0 Å². The van der Waals surface area contributed by atoms with Gasteiger partial charge in [-0.15, -0.1) is 0 Å². The summed E-state index contributed by atoms with van der Waals surface area (Å²) < 4.78 is 0. The van der Waals surface area contributed by atoms with Crippen molar-refractivity contribution in [2.24, 2.45) is 0 Å². The number of hydrogen-bond donors (Lipinski definition) is 1. The summed E-state index contributed by atoms with van der Waals surface area (Å²) in [4.78, 5) is 0. The number of rotatable bonds is 4. The van der Waals surface area contributed by atoms with Crippen molar-refractivity contribution >= 4 is 0 Å². The summed E-state index contributed by atoms with van der Waals surface area (Å²) in [6.07, 6.45) is 10.4. The van der Waals surface area contributed by atoms with Crippen molar-refractivity contribution < 1.29 is 0 Å². The average Bonchev–Trinajstić information content (AvgIpc) is 1.89. The molecule has 0 fully saturated rings. The van der Waals surface area contributed by atoms with Crippen LogP contribution in [0.15, 0.2) is 37.2 Å². The van der Waals surface area contributed by atoms with Crippen LogP contribution in [0.5, 0.6) is 0 Å². The maximum Gasteiger partial charge on any atom is 0.000409 e. The first-order valence-corrected chi connectivity index (χ1v) is 3.10. The van der Waals surface area contributed by atoms with E-state index in [0.29, 0.717) is 0 Å². The Kier molecular flexibility index (Phi) is 6.26. The molecule has 0 aromatic rings. The molecule has 0 aromatic carbocycles. The lowest BCUT2D eigenvalue weighted by Crippen LogP contribution is -1.89. The van der Waals surface area contributed by atoms with E-state index in [9.17, 15) is 0 Å². The quantitative estimate of drug-likeness (QED) is 0.565. The smallest absolute Gasteiger partial charge is 0.000409 e. The standard InChI is InChI=1S/C8H13N/c1-3-5-7-9-8-6-4-2/h3,5-9H,1,4H2,2H3/b7-5-,8-6-. The summed E-state index contributed by atoms with van der Waals surface area (Å²) in [6.45, 7) is 5.62. The molecule has 0 aliphatic carbocycles. The summed E-state index contributed by atoms with van der Waals surface area (Å²) in [5, 5.41) is 2.95. The van der Waals surface area contributed by atoms with Crippen molar-refractivity contribution in [1.29, 1.82) is 0 Å². The van der Waals surface area contributed by atoms with E-state index in [0.717, 1.165) is 6.42 Å². The number of hydrogen-bond acceptors (Lipinski definition) is 1. The average molecular weight is 123 g/mol. The molecule has 0 unspecified atom stereocenters. The third-order valence-electron chi connectivity index (χ3n) is 0.778. The van der Waals surface area contributed by atoms with Crippen molar-refractivity contribution in [3.8, 4) is 0 Å². The minimum Gasteiger partial charge on any atom is -0.368 e. The zero-order chi connectivity index (χ0) is 6.95. The molecule has 1 N–H and O–H groups in total. The molecule has 0 rings (SSSR count). The highest BCUT2D eigenvalue weighted by atomic mass is 14.8. The summed E-state index contributed by atoms with van der Waals surface area (Å²) in [7, 11) is 0. The first-order valence-electron chi connectivity index (χ1n) is 3.10. The molecule has 0 amide bonds. The van der Waals surface area contributed by atoms with Crippen LogP contribution in [0.25, 0.3) is 0 Å². The summed E-state index contributed by atoms with van der Waals surface area (Å²) in [6, 6.07) is 0. The fourth-order valence-corrected chi connectivity index (χ4v) is 0.365. The van der Waals surface area contributed by atoms with Gasteiger partial charge in [0, 0.05) is 6.20 Å². The Morgan fingerprint density at radius 3 is 2.78 bits per heavy atom. The predicted octanol–water partition coefficient (Wildman–Crippen LogP) is 2.20. The third-order valence-corrected chi connectivity index (χ3v) is 0.778. The fraction of sp³-hybridized carbons (Fsp3) is 0.250. The molecule has 9 heavy (non-hydrogen) atoms. The molecule has 0 spiro atoms. The SMILES string of the molecule is C=C/C=C\N/C=C\CC. The van der Waals surface area contributed by atoms with Crippen LogP contribution < -0.4 is 5.32 Å². The van der Waals surface area contributed by atoms with Gasteiger partial charge >= 0.3 is 0 Å². The Labute approximate surface area is 56.8 Å². The van der Waals surface area contributed by atoms with E-state index in [1.807, 2.05) is 24.6 Å². The lowest BCUT2D eigenvalue weighted by atomic mass is 10.5. The number of nitrogens with one attached hydrogen (secondary N) is 1. The van der Waals surface area contributed by atoms with E-state index < -0.39 is 0 Å². The Morgan fingerprint density at radius 2 is 2.22 bits per heavy atom. The van der Waals surface area contributed by atoms with Gasteiger partial charge < -0.3 is 5.32 Å². The van der Waals surface area contributed by atoms with Crippen molar-refractivity contribution in [3.63, 3.8) is 0 Å². The topological polar surface area (TPSA) is 12.0 Å². The molecular formula is C8H13N. The van der Waals surface area contributed by atoms with Gasteiger partial charge in [-0.3, -0.25) is 0 Å². The fourth-order valence-electron chi connectivity index (χ4n) is 0.365. The van der Waals surface area contributed by atoms with Gasteiger partial charge in [0.15, 0.2) is 0 Å². The molecule has 1 nitrogen and oxygen atoms in total. The Balaban J connectivity index is 3.17. The summed E-state index contributed by atoms with van der Waals surface area (Å²) in [5.41, 5.74) is 0. The first kappa shape index (κ1) is 8.02. The van der Waals surface area contributed by atoms with Crippen LogP contribution in [0.1, 0.15) is 13.3 Å². The molecule has 0 heterocycles. The van der Waals surface area contributed by atoms with Crippen LogP contribution >= 0.6 is 0 Å². The van der Waals surface area contributed by atoms with Crippen molar-refractivity contribution in [2.45, 2.75) is 13.3 Å². The van der Waals surface area contributed by atoms with Gasteiger partial charge in [0.1, 0.15) is 0 Å². The van der Waals surface area contributed by atoms with Crippen LogP contribution in [0.2, 0.25) is 0 Å². The van der Waals surface area contributed by atoms with Gasteiger partial charge in [-0.25, -0.2) is 0 Å². The minimum absolute atomic E-state index is 1.06. The van der Waals surface area contributed by atoms with Crippen LogP contribution in [-0.2, 0) is 0 Å². The molecule has 0 atom stereocenters. The monoisotopic (exact) mass is 123 g/mol. The van der Waals surface area contributed by atoms with Crippen LogP contribution in [0.3, 0.4) is 0 Å². The van der Waals surface area contributed by atoms with Gasteiger partial charge in [0.05, 0.1) is 0 Å². The van der Waals surface area contributed by atoms with Gasteiger partial charge in [-0.2, -0.15) is 0 Å².